The quantitative estimate of drug-likeness (QED) is 0.343. The van der Waals surface area contributed by atoms with Crippen LogP contribution in [0.2, 0.25) is 0 Å². The second-order valence-corrected chi connectivity index (χ2v) is 8.14. The van der Waals surface area contributed by atoms with Gasteiger partial charge < -0.3 is 19.9 Å². The normalized spacial score (nSPS) is 12.2. The molecule has 0 atom stereocenters. The molecule has 0 fully saturated rings. The van der Waals surface area contributed by atoms with Gasteiger partial charge in [-0.3, -0.25) is 0 Å². The van der Waals surface area contributed by atoms with Crippen LogP contribution in [0.4, 0.5) is 0 Å². The molecule has 0 amide bonds. The number of hydrogen-bond donors (Lipinski definition) is 4. The Labute approximate surface area is 177 Å². The van der Waals surface area contributed by atoms with E-state index in [1.807, 2.05) is 36.7 Å². The summed E-state index contributed by atoms with van der Waals surface area (Å²) in [5.74, 6) is 3.37. The van der Waals surface area contributed by atoms with Gasteiger partial charge in [0.2, 0.25) is 0 Å². The van der Waals surface area contributed by atoms with Crippen molar-refractivity contribution in [1.82, 2.24) is 39.9 Å². The topological polar surface area (TPSA) is 115 Å². The minimum Gasteiger partial charge on any atom is -0.345 e. The fourth-order valence-corrected chi connectivity index (χ4v) is 3.86. The molecule has 0 aliphatic rings. The molecule has 4 heterocycles. The fourth-order valence-electron chi connectivity index (χ4n) is 3.86. The lowest BCUT2D eigenvalue weighted by Gasteiger charge is -2.19. The third-order valence-electron chi connectivity index (χ3n) is 5.69. The molecule has 31 heavy (non-hydrogen) atoms. The van der Waals surface area contributed by atoms with Crippen LogP contribution in [-0.4, -0.2) is 39.9 Å². The van der Waals surface area contributed by atoms with Gasteiger partial charge in [-0.2, -0.15) is 0 Å². The summed E-state index contributed by atoms with van der Waals surface area (Å²) >= 11 is 0. The predicted octanol–water partition coefficient (Wildman–Crippen LogP) is 4.55. The number of hydrogen-bond acceptors (Lipinski definition) is 4. The molecule has 152 valence electrons. The van der Waals surface area contributed by atoms with E-state index in [1.54, 1.807) is 12.4 Å². The molecule has 0 unspecified atom stereocenters. The Balaban J connectivity index is 1.40. The first kappa shape index (κ1) is 17.6. The smallest absolute Gasteiger partial charge is 0.137 e. The van der Waals surface area contributed by atoms with Crippen LogP contribution in [0.5, 0.6) is 0 Å². The van der Waals surface area contributed by atoms with E-state index in [0.29, 0.717) is 0 Å². The summed E-state index contributed by atoms with van der Waals surface area (Å²) in [6.45, 7) is 4.23. The molecular weight excluding hydrogens is 388 g/mol. The third-order valence-corrected chi connectivity index (χ3v) is 5.69. The number of fused-ring (bicyclic) bond motifs is 2. The lowest BCUT2D eigenvalue weighted by atomic mass is 9.92. The number of aromatic amines is 4. The molecule has 0 saturated carbocycles. The second kappa shape index (κ2) is 6.40. The van der Waals surface area contributed by atoms with Crippen molar-refractivity contribution in [1.29, 1.82) is 0 Å². The van der Waals surface area contributed by atoms with Crippen molar-refractivity contribution in [2.75, 3.05) is 0 Å². The van der Waals surface area contributed by atoms with E-state index in [1.165, 1.54) is 0 Å². The lowest BCUT2D eigenvalue weighted by Crippen LogP contribution is -2.22. The number of benzene rings is 2. The molecule has 0 saturated heterocycles. The summed E-state index contributed by atoms with van der Waals surface area (Å²) in [5.41, 5.74) is 5.35. The molecule has 8 heteroatoms. The highest BCUT2D eigenvalue weighted by molar-refractivity contribution is 5.82. The van der Waals surface area contributed by atoms with Crippen LogP contribution >= 0.6 is 0 Å². The number of aromatic nitrogens is 8. The van der Waals surface area contributed by atoms with Gasteiger partial charge in [0.15, 0.2) is 0 Å². The lowest BCUT2D eigenvalue weighted by molar-refractivity contribution is 0.567. The van der Waals surface area contributed by atoms with Crippen molar-refractivity contribution in [2.45, 2.75) is 19.3 Å². The molecule has 6 aromatic rings. The molecular formula is C23H20N8. The Morgan fingerprint density at radius 1 is 0.677 bits per heavy atom. The van der Waals surface area contributed by atoms with E-state index in [2.05, 4.69) is 55.9 Å². The third kappa shape index (κ3) is 2.83. The van der Waals surface area contributed by atoms with Crippen molar-refractivity contribution in [3.8, 4) is 22.8 Å². The van der Waals surface area contributed by atoms with Crippen LogP contribution in [-0.2, 0) is 5.41 Å². The van der Waals surface area contributed by atoms with Crippen LogP contribution in [0, 0.1) is 0 Å². The van der Waals surface area contributed by atoms with Crippen molar-refractivity contribution in [2.24, 2.45) is 0 Å². The Kier molecular flexibility index (Phi) is 3.64. The van der Waals surface area contributed by atoms with Crippen LogP contribution in [0.3, 0.4) is 0 Å². The fraction of sp³-hybridized carbons (Fsp3) is 0.130. The molecule has 6 rings (SSSR count). The van der Waals surface area contributed by atoms with Gasteiger partial charge in [0.25, 0.3) is 0 Å². The van der Waals surface area contributed by atoms with Gasteiger partial charge in [0, 0.05) is 35.9 Å². The van der Waals surface area contributed by atoms with Crippen LogP contribution < -0.4 is 0 Å². The van der Waals surface area contributed by atoms with E-state index < -0.39 is 5.41 Å². The van der Waals surface area contributed by atoms with Crippen LogP contribution in [0.25, 0.3) is 44.8 Å². The molecule has 8 nitrogen and oxygen atoms in total. The summed E-state index contributed by atoms with van der Waals surface area (Å²) in [7, 11) is 0. The van der Waals surface area contributed by atoms with E-state index in [4.69, 9.17) is 9.97 Å². The first-order valence-electron chi connectivity index (χ1n) is 10.1. The highest BCUT2D eigenvalue weighted by Crippen LogP contribution is 2.32. The van der Waals surface area contributed by atoms with E-state index >= 15 is 0 Å². The standard InChI is InChI=1S/C23H20N8/c1-23(2,21-28-15-5-3-13(11-17(15)30-21)19-24-7-8-25-19)22-29-16-6-4-14(12-18(16)31-22)20-26-9-10-27-20/h3-12H,1-2H3,(H,24,25)(H,26,27)(H,28,30)(H,29,31). The maximum absolute atomic E-state index is 4.85. The maximum atomic E-state index is 4.85. The first-order valence-corrected chi connectivity index (χ1v) is 10.1. The molecule has 2 aromatic carbocycles. The number of H-pyrrole nitrogens is 4. The van der Waals surface area contributed by atoms with E-state index in [0.717, 1.165) is 56.5 Å². The van der Waals surface area contributed by atoms with Crippen molar-refractivity contribution >= 4 is 22.1 Å². The first-order chi connectivity index (χ1) is 15.1. The average molecular weight is 408 g/mol. The van der Waals surface area contributed by atoms with Crippen molar-refractivity contribution < 1.29 is 0 Å². The Morgan fingerprint density at radius 3 is 1.58 bits per heavy atom. The molecule has 4 aromatic heterocycles. The summed E-state index contributed by atoms with van der Waals surface area (Å²) < 4.78 is 0. The predicted molar refractivity (Wildman–Crippen MR) is 119 cm³/mol. The second-order valence-electron chi connectivity index (χ2n) is 8.14. The molecule has 0 radical (unpaired) electrons. The highest BCUT2D eigenvalue weighted by atomic mass is 15.0. The van der Waals surface area contributed by atoms with E-state index in [-0.39, 0.29) is 0 Å². The number of nitrogens with one attached hydrogen (secondary N) is 4. The number of rotatable bonds is 4. The monoisotopic (exact) mass is 408 g/mol. The van der Waals surface area contributed by atoms with Gasteiger partial charge in [-0.15, -0.1) is 0 Å². The van der Waals surface area contributed by atoms with Gasteiger partial charge in [-0.1, -0.05) is 0 Å². The largest absolute Gasteiger partial charge is 0.345 e. The summed E-state index contributed by atoms with van der Waals surface area (Å²) in [6.07, 6.45) is 7.14. The zero-order chi connectivity index (χ0) is 21.0. The number of imidazole rings is 4. The highest BCUT2D eigenvalue weighted by Gasteiger charge is 2.30. The Bertz CT molecular complexity index is 1390. The minimum absolute atomic E-state index is 0.437. The Hall–Kier alpha value is -4.20. The average Bonchev–Trinajstić information content (AvgIpc) is 3.57. The van der Waals surface area contributed by atoms with Gasteiger partial charge >= 0.3 is 0 Å². The zero-order valence-electron chi connectivity index (χ0n) is 17.1. The SMILES string of the molecule is CC(C)(c1nc2ccc(-c3ncc[nH]3)cc2[nH]1)c1nc2ccc(-c3ncc[nH]3)cc2[nH]1. The summed E-state index contributed by atoms with van der Waals surface area (Å²) in [5, 5.41) is 0. The molecule has 0 aliphatic heterocycles. The van der Waals surface area contributed by atoms with Gasteiger partial charge in [0.05, 0.1) is 27.5 Å². The van der Waals surface area contributed by atoms with Gasteiger partial charge in [-0.05, 0) is 50.2 Å². The summed E-state index contributed by atoms with van der Waals surface area (Å²) in [6, 6.07) is 12.2. The molecule has 4 N–H and O–H groups in total. The molecule has 0 spiro atoms. The van der Waals surface area contributed by atoms with E-state index in [9.17, 15) is 0 Å². The maximum Gasteiger partial charge on any atom is 0.137 e. The Morgan fingerprint density at radius 2 is 1.16 bits per heavy atom. The zero-order valence-corrected chi connectivity index (χ0v) is 17.1. The van der Waals surface area contributed by atoms with Crippen LogP contribution in [0.1, 0.15) is 25.5 Å². The number of nitrogens with zero attached hydrogens (tertiary/aromatic N) is 4. The van der Waals surface area contributed by atoms with Crippen LogP contribution in [0.15, 0.2) is 61.2 Å². The van der Waals surface area contributed by atoms with Gasteiger partial charge in [-0.25, -0.2) is 19.9 Å². The van der Waals surface area contributed by atoms with Crippen molar-refractivity contribution in [3.63, 3.8) is 0 Å². The van der Waals surface area contributed by atoms with Gasteiger partial charge in [0.1, 0.15) is 23.3 Å². The van der Waals surface area contributed by atoms with Crippen molar-refractivity contribution in [3.05, 3.63) is 72.8 Å². The summed E-state index contributed by atoms with van der Waals surface area (Å²) in [4.78, 5) is 31.6. The minimum atomic E-state index is -0.437. The molecule has 0 aliphatic carbocycles. The molecule has 0 bridgehead atoms.